The smallest absolute Gasteiger partial charge is 0.307 e. The summed E-state index contributed by atoms with van der Waals surface area (Å²) >= 11 is 11.9. The van der Waals surface area contributed by atoms with Crippen LogP contribution in [0.4, 0.5) is 0 Å². The zero-order chi connectivity index (χ0) is 14.7. The van der Waals surface area contributed by atoms with E-state index in [1.165, 1.54) is 7.11 Å². The number of carbonyl (C=O) groups is 2. The number of benzene rings is 1. The average molecular weight is 316 g/mol. The number of carbonyl (C=O) groups excluding carboxylic acids is 2. The number of nitrogens with one attached hydrogen (secondary N) is 1. The van der Waals surface area contributed by atoms with Crippen LogP contribution in [0.5, 0.6) is 0 Å². The number of amides is 1. The molecule has 0 heterocycles. The molecule has 0 radical (unpaired) electrons. The maximum atomic E-state index is 11.9. The highest BCUT2D eigenvalue weighted by molar-refractivity contribution is 6.34. The van der Waals surface area contributed by atoms with E-state index in [1.807, 2.05) is 12.1 Å². The number of hydrogen-bond donors (Lipinski definition) is 1. The number of methoxy groups -OCH3 is 1. The Morgan fingerprint density at radius 1 is 1.30 bits per heavy atom. The highest BCUT2D eigenvalue weighted by atomic mass is 35.5. The third kappa shape index (κ3) is 3.87. The van der Waals surface area contributed by atoms with E-state index in [0.29, 0.717) is 16.6 Å². The largest absolute Gasteiger partial charge is 0.469 e. The van der Waals surface area contributed by atoms with Gasteiger partial charge in [-0.15, -0.1) is 0 Å². The molecule has 6 heteroatoms. The zero-order valence-corrected chi connectivity index (χ0v) is 12.5. The summed E-state index contributed by atoms with van der Waals surface area (Å²) in [4.78, 5) is 22.8. The molecule has 1 aromatic carbocycles. The molecular formula is C14H15Cl2NO3. The summed E-state index contributed by atoms with van der Waals surface area (Å²) in [5, 5.41) is 3.88. The predicted molar refractivity (Wildman–Crippen MR) is 77.0 cm³/mol. The molecule has 0 aliphatic heterocycles. The molecule has 0 aromatic heterocycles. The van der Waals surface area contributed by atoms with Crippen LogP contribution in [0.15, 0.2) is 18.2 Å². The molecule has 4 nitrogen and oxygen atoms in total. The van der Waals surface area contributed by atoms with Crippen molar-refractivity contribution in [2.45, 2.75) is 18.8 Å². The highest BCUT2D eigenvalue weighted by Crippen LogP contribution is 2.48. The van der Waals surface area contributed by atoms with Gasteiger partial charge in [0.2, 0.25) is 5.91 Å². The van der Waals surface area contributed by atoms with Crippen LogP contribution in [0.25, 0.3) is 0 Å². The summed E-state index contributed by atoms with van der Waals surface area (Å²) in [6, 6.07) is 5.33. The molecule has 0 spiro atoms. The van der Waals surface area contributed by atoms with E-state index >= 15 is 0 Å². The number of rotatable bonds is 5. The van der Waals surface area contributed by atoms with Gasteiger partial charge >= 0.3 is 5.97 Å². The fourth-order valence-corrected chi connectivity index (χ4v) is 2.71. The maximum Gasteiger partial charge on any atom is 0.307 e. The van der Waals surface area contributed by atoms with Crippen LogP contribution in [0, 0.1) is 5.92 Å². The third-order valence-corrected chi connectivity index (χ3v) is 3.73. The normalized spacial score (nSPS) is 20.4. The van der Waals surface area contributed by atoms with Gasteiger partial charge in [0.15, 0.2) is 0 Å². The Bertz CT molecular complexity index is 513. The van der Waals surface area contributed by atoms with E-state index in [4.69, 9.17) is 23.2 Å². The Morgan fingerprint density at radius 3 is 2.55 bits per heavy atom. The molecule has 0 unspecified atom stereocenters. The van der Waals surface area contributed by atoms with Crippen molar-refractivity contribution in [3.8, 4) is 0 Å². The van der Waals surface area contributed by atoms with Gasteiger partial charge in [-0.25, -0.2) is 0 Å². The van der Waals surface area contributed by atoms with Gasteiger partial charge in [0.25, 0.3) is 0 Å². The lowest BCUT2D eigenvalue weighted by Crippen LogP contribution is -2.28. The zero-order valence-electron chi connectivity index (χ0n) is 11.0. The van der Waals surface area contributed by atoms with Gasteiger partial charge in [0.1, 0.15) is 0 Å². The monoisotopic (exact) mass is 315 g/mol. The van der Waals surface area contributed by atoms with Crippen LogP contribution in [0.3, 0.4) is 0 Å². The maximum absolute atomic E-state index is 11.9. The van der Waals surface area contributed by atoms with E-state index in [1.54, 1.807) is 6.07 Å². The quantitative estimate of drug-likeness (QED) is 0.850. The van der Waals surface area contributed by atoms with Crippen LogP contribution in [-0.2, 0) is 14.3 Å². The number of esters is 1. The summed E-state index contributed by atoms with van der Waals surface area (Å²) in [5.74, 6) is -0.291. The van der Waals surface area contributed by atoms with Crippen molar-refractivity contribution in [1.82, 2.24) is 5.32 Å². The second-order valence-electron chi connectivity index (χ2n) is 4.77. The first-order chi connectivity index (χ1) is 9.51. The standard InChI is InChI=1S/C14H15Cl2NO3/c1-20-13(18)2-3-17-14(19)12-7-11(12)8-4-9(15)6-10(16)5-8/h4-6,11-12H,2-3,7H2,1H3,(H,17,19)/t11-,12-/m0/s1. The molecule has 1 aliphatic rings. The molecule has 108 valence electrons. The van der Waals surface area contributed by atoms with Gasteiger partial charge in [0.05, 0.1) is 13.5 Å². The molecular weight excluding hydrogens is 301 g/mol. The first-order valence-electron chi connectivity index (χ1n) is 6.31. The Kier molecular flexibility index (Phi) is 4.89. The minimum atomic E-state index is -0.334. The average Bonchev–Trinajstić information content (AvgIpc) is 3.17. The van der Waals surface area contributed by atoms with Gasteiger partial charge in [0, 0.05) is 22.5 Å². The summed E-state index contributed by atoms with van der Waals surface area (Å²) < 4.78 is 4.51. The topological polar surface area (TPSA) is 55.4 Å². The van der Waals surface area contributed by atoms with Crippen molar-refractivity contribution in [2.24, 2.45) is 5.92 Å². The molecule has 0 saturated heterocycles. The fraction of sp³-hybridized carbons (Fsp3) is 0.429. The van der Waals surface area contributed by atoms with Gasteiger partial charge in [-0.2, -0.15) is 0 Å². The Labute approximate surface area is 127 Å². The third-order valence-electron chi connectivity index (χ3n) is 3.30. The molecule has 1 aliphatic carbocycles. The van der Waals surface area contributed by atoms with E-state index in [-0.39, 0.29) is 30.1 Å². The van der Waals surface area contributed by atoms with E-state index < -0.39 is 0 Å². The van der Waals surface area contributed by atoms with E-state index in [0.717, 1.165) is 12.0 Å². The minimum absolute atomic E-state index is 0.0463. The van der Waals surface area contributed by atoms with Crippen LogP contribution in [0.1, 0.15) is 24.3 Å². The van der Waals surface area contributed by atoms with Crippen molar-refractivity contribution in [1.29, 1.82) is 0 Å². The SMILES string of the molecule is COC(=O)CCNC(=O)[C@H]1C[C@H]1c1cc(Cl)cc(Cl)c1. The summed E-state index contributed by atoms with van der Waals surface area (Å²) in [6.45, 7) is 0.297. The van der Waals surface area contributed by atoms with E-state index in [9.17, 15) is 9.59 Å². The van der Waals surface area contributed by atoms with Gasteiger partial charge < -0.3 is 10.1 Å². The molecule has 1 N–H and O–H groups in total. The Hall–Kier alpha value is -1.26. The fourth-order valence-electron chi connectivity index (χ4n) is 2.16. The molecule has 1 saturated carbocycles. The van der Waals surface area contributed by atoms with Crippen LogP contribution in [-0.4, -0.2) is 25.5 Å². The van der Waals surface area contributed by atoms with Crippen molar-refractivity contribution in [3.63, 3.8) is 0 Å². The Balaban J connectivity index is 1.84. The lowest BCUT2D eigenvalue weighted by molar-refractivity contribution is -0.140. The minimum Gasteiger partial charge on any atom is -0.469 e. The number of ether oxygens (including phenoxy) is 1. The molecule has 2 rings (SSSR count). The van der Waals surface area contributed by atoms with Crippen molar-refractivity contribution in [2.75, 3.05) is 13.7 Å². The van der Waals surface area contributed by atoms with Gasteiger partial charge in [-0.05, 0) is 36.1 Å². The lowest BCUT2D eigenvalue weighted by atomic mass is 10.1. The van der Waals surface area contributed by atoms with Crippen LogP contribution < -0.4 is 5.32 Å². The van der Waals surface area contributed by atoms with Crippen LogP contribution in [0.2, 0.25) is 10.0 Å². The highest BCUT2D eigenvalue weighted by Gasteiger charge is 2.43. The summed E-state index contributed by atoms with van der Waals surface area (Å²) in [7, 11) is 1.32. The second-order valence-corrected chi connectivity index (χ2v) is 5.64. The molecule has 0 bridgehead atoms. The van der Waals surface area contributed by atoms with Crippen molar-refractivity contribution >= 4 is 35.1 Å². The molecule has 20 heavy (non-hydrogen) atoms. The molecule has 1 amide bonds. The Morgan fingerprint density at radius 2 is 1.95 bits per heavy atom. The molecule has 2 atom stereocenters. The second kappa shape index (κ2) is 6.46. The summed E-state index contributed by atoms with van der Waals surface area (Å²) in [6.07, 6.45) is 0.962. The summed E-state index contributed by atoms with van der Waals surface area (Å²) in [5.41, 5.74) is 0.982. The van der Waals surface area contributed by atoms with Crippen molar-refractivity contribution in [3.05, 3.63) is 33.8 Å². The van der Waals surface area contributed by atoms with Crippen LogP contribution >= 0.6 is 23.2 Å². The first kappa shape index (κ1) is 15.1. The van der Waals surface area contributed by atoms with Gasteiger partial charge in [-0.1, -0.05) is 23.2 Å². The first-order valence-corrected chi connectivity index (χ1v) is 7.07. The van der Waals surface area contributed by atoms with Gasteiger partial charge in [-0.3, -0.25) is 9.59 Å². The lowest BCUT2D eigenvalue weighted by Gasteiger charge is -2.05. The number of halogens is 2. The predicted octanol–water partition coefficient (Wildman–Crippen LogP) is 2.78. The van der Waals surface area contributed by atoms with Crippen molar-refractivity contribution < 1.29 is 14.3 Å². The molecule has 1 fully saturated rings. The molecule has 1 aromatic rings. The van der Waals surface area contributed by atoms with E-state index in [2.05, 4.69) is 10.1 Å². The number of hydrogen-bond acceptors (Lipinski definition) is 3.